The molecule has 10 heteroatoms. The third-order valence-electron chi connectivity index (χ3n) is 5.67. The Hall–Kier alpha value is -3.89. The van der Waals surface area contributed by atoms with E-state index in [-0.39, 0.29) is 27.7 Å². The molecule has 182 valence electrons. The third kappa shape index (κ3) is 4.45. The second kappa shape index (κ2) is 9.05. The Kier molecular flexibility index (Phi) is 6.27. The maximum atomic E-state index is 13.2. The number of hydrogen-bond donors (Lipinski definition) is 2. The molecule has 0 aliphatic carbocycles. The van der Waals surface area contributed by atoms with Crippen molar-refractivity contribution in [2.24, 2.45) is 5.14 Å². The molecule has 2 heterocycles. The quantitative estimate of drug-likeness (QED) is 0.302. The van der Waals surface area contributed by atoms with Crippen molar-refractivity contribution in [1.29, 1.82) is 0 Å². The smallest absolute Gasteiger partial charge is 0.300 e. The lowest BCUT2D eigenvalue weighted by molar-refractivity contribution is -0.132. The number of anilines is 1. The van der Waals surface area contributed by atoms with E-state index in [4.69, 9.17) is 14.3 Å². The summed E-state index contributed by atoms with van der Waals surface area (Å²) in [6.45, 7) is 5.85. The van der Waals surface area contributed by atoms with Crippen LogP contribution in [-0.2, 0) is 19.6 Å². The Labute approximate surface area is 202 Å². The molecule has 2 aromatic carbocycles. The zero-order valence-corrected chi connectivity index (χ0v) is 20.1. The number of ketones is 1. The van der Waals surface area contributed by atoms with E-state index in [0.29, 0.717) is 23.7 Å². The number of ether oxygens (including phenoxy) is 1. The van der Waals surface area contributed by atoms with Crippen LogP contribution in [0.5, 0.6) is 5.75 Å². The first kappa shape index (κ1) is 24.2. The van der Waals surface area contributed by atoms with Gasteiger partial charge in [0, 0.05) is 11.3 Å². The number of rotatable bonds is 6. The number of amides is 1. The lowest BCUT2D eigenvalue weighted by atomic mass is 9.98. The van der Waals surface area contributed by atoms with Gasteiger partial charge in [-0.25, -0.2) is 13.6 Å². The van der Waals surface area contributed by atoms with Gasteiger partial charge in [-0.05, 0) is 80.9 Å². The number of nitrogens with zero attached hydrogens (tertiary/aromatic N) is 1. The average Bonchev–Trinajstić information content (AvgIpc) is 3.35. The Morgan fingerprint density at radius 1 is 1.09 bits per heavy atom. The number of aliphatic hydroxyl groups excluding tert-OH is 1. The van der Waals surface area contributed by atoms with Crippen molar-refractivity contribution in [3.63, 3.8) is 0 Å². The van der Waals surface area contributed by atoms with E-state index in [9.17, 15) is 23.1 Å². The van der Waals surface area contributed by atoms with Gasteiger partial charge in [0.05, 0.1) is 17.1 Å². The second-order valence-electron chi connectivity index (χ2n) is 8.07. The summed E-state index contributed by atoms with van der Waals surface area (Å²) in [7, 11) is -3.95. The highest BCUT2D eigenvalue weighted by molar-refractivity contribution is 7.89. The Morgan fingerprint density at radius 3 is 2.31 bits per heavy atom. The number of nitrogens with two attached hydrogens (primary N) is 1. The lowest BCUT2D eigenvalue weighted by Gasteiger charge is -2.23. The molecular formula is C25H24N2O7S. The summed E-state index contributed by atoms with van der Waals surface area (Å²) in [5.41, 5.74) is 1.17. The Balaban J connectivity index is 1.88. The molecule has 35 heavy (non-hydrogen) atoms. The predicted molar refractivity (Wildman–Crippen MR) is 128 cm³/mol. The van der Waals surface area contributed by atoms with Crippen molar-refractivity contribution in [2.45, 2.75) is 31.7 Å². The van der Waals surface area contributed by atoms with Crippen LogP contribution in [0.3, 0.4) is 0 Å². The third-order valence-corrected chi connectivity index (χ3v) is 6.60. The number of hydrogen-bond acceptors (Lipinski definition) is 7. The minimum Gasteiger partial charge on any atom is -0.507 e. The summed E-state index contributed by atoms with van der Waals surface area (Å²) >= 11 is 0. The molecule has 1 saturated heterocycles. The van der Waals surface area contributed by atoms with Crippen LogP contribution >= 0.6 is 0 Å². The molecule has 3 N–H and O–H groups in total. The number of benzene rings is 2. The van der Waals surface area contributed by atoms with E-state index < -0.39 is 27.8 Å². The normalized spacial score (nSPS) is 17.7. The first-order valence-corrected chi connectivity index (χ1v) is 12.3. The first-order valence-electron chi connectivity index (χ1n) is 10.8. The van der Waals surface area contributed by atoms with E-state index in [1.165, 1.54) is 29.2 Å². The summed E-state index contributed by atoms with van der Waals surface area (Å²) < 4.78 is 34.6. The van der Waals surface area contributed by atoms with Gasteiger partial charge in [0.1, 0.15) is 29.1 Å². The van der Waals surface area contributed by atoms with E-state index in [1.54, 1.807) is 44.2 Å². The van der Waals surface area contributed by atoms with Gasteiger partial charge in [-0.2, -0.15) is 0 Å². The van der Waals surface area contributed by atoms with Crippen LogP contribution in [0, 0.1) is 13.8 Å². The van der Waals surface area contributed by atoms with Crippen LogP contribution in [0.2, 0.25) is 0 Å². The van der Waals surface area contributed by atoms with Gasteiger partial charge in [0.15, 0.2) is 0 Å². The fourth-order valence-corrected chi connectivity index (χ4v) is 4.55. The molecule has 1 atom stereocenters. The molecule has 0 bridgehead atoms. The van der Waals surface area contributed by atoms with Gasteiger partial charge in [0.25, 0.3) is 11.7 Å². The van der Waals surface area contributed by atoms with E-state index in [0.717, 1.165) is 5.56 Å². The first-order chi connectivity index (χ1) is 16.5. The van der Waals surface area contributed by atoms with E-state index in [2.05, 4.69) is 0 Å². The van der Waals surface area contributed by atoms with Gasteiger partial charge < -0.3 is 14.3 Å². The SMILES string of the molecule is CCOc1ccc(/C(O)=C2/C(=O)C(=O)N(c3ccc(S(N)(=O)=O)cc3)C2c2ccc(C)o2)cc1C. The summed E-state index contributed by atoms with van der Waals surface area (Å²) in [5, 5.41) is 16.4. The highest BCUT2D eigenvalue weighted by Gasteiger charge is 2.48. The van der Waals surface area contributed by atoms with Crippen LogP contribution in [0.15, 0.2) is 69.5 Å². The number of carbonyl (C=O) groups is 2. The maximum absolute atomic E-state index is 13.2. The number of furan rings is 1. The summed E-state index contributed by atoms with van der Waals surface area (Å²) in [4.78, 5) is 27.4. The molecule has 1 aliphatic rings. The van der Waals surface area contributed by atoms with Crippen molar-refractivity contribution >= 4 is 33.2 Å². The van der Waals surface area contributed by atoms with Crippen molar-refractivity contribution in [3.05, 3.63) is 82.8 Å². The molecule has 1 aromatic heterocycles. The fraction of sp³-hybridized carbons (Fsp3) is 0.200. The summed E-state index contributed by atoms with van der Waals surface area (Å²) in [5.74, 6) is -0.705. The highest BCUT2D eigenvalue weighted by Crippen LogP contribution is 2.43. The van der Waals surface area contributed by atoms with Crippen molar-refractivity contribution < 1.29 is 32.3 Å². The molecule has 1 amide bonds. The number of aliphatic hydroxyl groups is 1. The zero-order chi connectivity index (χ0) is 25.5. The Bertz CT molecular complexity index is 1450. The van der Waals surface area contributed by atoms with Crippen LogP contribution in [-0.4, -0.2) is 31.8 Å². The number of primary sulfonamides is 1. The predicted octanol–water partition coefficient (Wildman–Crippen LogP) is 3.57. The topological polar surface area (TPSA) is 140 Å². The summed E-state index contributed by atoms with van der Waals surface area (Å²) in [6.07, 6.45) is 0. The fourth-order valence-electron chi connectivity index (χ4n) is 4.03. The number of Topliss-reactive ketones (excluding diaryl/α,β-unsaturated/α-hetero) is 1. The lowest BCUT2D eigenvalue weighted by Crippen LogP contribution is -2.29. The molecule has 3 aromatic rings. The van der Waals surface area contributed by atoms with Crippen LogP contribution in [0.1, 0.15) is 35.6 Å². The van der Waals surface area contributed by atoms with E-state index >= 15 is 0 Å². The molecular weight excluding hydrogens is 472 g/mol. The number of sulfonamides is 1. The maximum Gasteiger partial charge on any atom is 0.300 e. The van der Waals surface area contributed by atoms with Gasteiger partial charge >= 0.3 is 0 Å². The second-order valence-corrected chi connectivity index (χ2v) is 9.63. The standard InChI is InChI=1S/C25H24N2O7S/c1-4-33-19-12-6-16(13-14(19)2)23(28)21-22(20-11-5-15(3)34-20)27(25(30)24(21)29)17-7-9-18(10-8-17)35(26,31)32/h5-13,22,28H,4H2,1-3H3,(H2,26,31,32)/b23-21-. The molecule has 0 spiro atoms. The molecule has 0 radical (unpaired) electrons. The van der Waals surface area contributed by atoms with Crippen LogP contribution < -0.4 is 14.8 Å². The average molecular weight is 497 g/mol. The molecule has 1 aliphatic heterocycles. The molecule has 0 saturated carbocycles. The molecule has 1 fully saturated rings. The minimum absolute atomic E-state index is 0.145. The molecule has 9 nitrogen and oxygen atoms in total. The van der Waals surface area contributed by atoms with Gasteiger partial charge in [-0.15, -0.1) is 0 Å². The highest BCUT2D eigenvalue weighted by atomic mass is 32.2. The zero-order valence-electron chi connectivity index (χ0n) is 19.3. The Morgan fingerprint density at radius 2 is 1.77 bits per heavy atom. The van der Waals surface area contributed by atoms with Gasteiger partial charge in [0.2, 0.25) is 10.0 Å². The van der Waals surface area contributed by atoms with Crippen LogP contribution in [0.4, 0.5) is 5.69 Å². The monoisotopic (exact) mass is 496 g/mol. The van der Waals surface area contributed by atoms with Crippen LogP contribution in [0.25, 0.3) is 5.76 Å². The van der Waals surface area contributed by atoms with E-state index in [1.807, 2.05) is 6.92 Å². The molecule has 1 unspecified atom stereocenters. The van der Waals surface area contributed by atoms with Crippen molar-refractivity contribution in [3.8, 4) is 5.75 Å². The van der Waals surface area contributed by atoms with Gasteiger partial charge in [-0.1, -0.05) is 0 Å². The molecule has 4 rings (SSSR count). The summed E-state index contributed by atoms with van der Waals surface area (Å²) in [6, 6.07) is 12.4. The number of aryl methyl sites for hydroxylation is 2. The minimum atomic E-state index is -3.95. The van der Waals surface area contributed by atoms with Crippen molar-refractivity contribution in [1.82, 2.24) is 0 Å². The largest absolute Gasteiger partial charge is 0.507 e. The number of carbonyl (C=O) groups excluding carboxylic acids is 2. The van der Waals surface area contributed by atoms with Crippen molar-refractivity contribution in [2.75, 3.05) is 11.5 Å². The van der Waals surface area contributed by atoms with Gasteiger partial charge in [-0.3, -0.25) is 14.5 Å².